The Morgan fingerprint density at radius 1 is 1.35 bits per heavy atom. The molecule has 2 N–H and O–H groups in total. The number of anilines is 1. The van der Waals surface area contributed by atoms with E-state index < -0.39 is 0 Å². The van der Waals surface area contributed by atoms with Crippen LogP contribution in [-0.4, -0.2) is 42.6 Å². The highest BCUT2D eigenvalue weighted by Crippen LogP contribution is 2.20. The molecule has 4 nitrogen and oxygen atoms in total. The minimum absolute atomic E-state index is 0.462. The lowest BCUT2D eigenvalue weighted by Gasteiger charge is -2.34. The maximum atomic E-state index is 6.01. The van der Waals surface area contributed by atoms with Gasteiger partial charge in [0.15, 0.2) is 0 Å². The number of rotatable bonds is 3. The molecule has 0 aliphatic carbocycles. The zero-order valence-electron chi connectivity index (χ0n) is 10.2. The van der Waals surface area contributed by atoms with Crippen molar-refractivity contribution in [2.75, 3.05) is 37.6 Å². The summed E-state index contributed by atoms with van der Waals surface area (Å²) in [5, 5.41) is 0.656. The molecule has 1 aliphatic rings. The summed E-state index contributed by atoms with van der Waals surface area (Å²) in [5.41, 5.74) is 6.62. The molecule has 0 unspecified atom stereocenters. The first-order valence-corrected chi connectivity index (χ1v) is 6.44. The van der Waals surface area contributed by atoms with Gasteiger partial charge >= 0.3 is 0 Å². The summed E-state index contributed by atoms with van der Waals surface area (Å²) in [5.74, 6) is 0.991. The standard InChI is InChI=1S/C12H19ClN4/c1-2-16-3-5-17(6-4-16)12-7-10(8-14)11(13)9-15-12/h7,9H,2-6,8,14H2,1H3. The maximum absolute atomic E-state index is 6.01. The molecule has 5 heteroatoms. The molecule has 1 saturated heterocycles. The van der Waals surface area contributed by atoms with Crippen molar-refractivity contribution in [2.24, 2.45) is 5.73 Å². The van der Waals surface area contributed by atoms with E-state index in [1.54, 1.807) is 6.20 Å². The van der Waals surface area contributed by atoms with Crippen LogP contribution >= 0.6 is 11.6 Å². The van der Waals surface area contributed by atoms with Crippen LogP contribution in [0.2, 0.25) is 5.02 Å². The number of hydrogen-bond donors (Lipinski definition) is 1. The van der Waals surface area contributed by atoms with E-state index >= 15 is 0 Å². The average molecular weight is 255 g/mol. The Morgan fingerprint density at radius 3 is 2.65 bits per heavy atom. The third-order valence-corrected chi connectivity index (χ3v) is 3.62. The maximum Gasteiger partial charge on any atom is 0.128 e. The Bertz CT molecular complexity index is 375. The summed E-state index contributed by atoms with van der Waals surface area (Å²) in [4.78, 5) is 9.12. The molecule has 0 amide bonds. The SMILES string of the molecule is CCN1CCN(c2cc(CN)c(Cl)cn2)CC1. The van der Waals surface area contributed by atoms with Gasteiger partial charge in [-0.2, -0.15) is 0 Å². The number of pyridine rings is 1. The van der Waals surface area contributed by atoms with Gasteiger partial charge in [-0.3, -0.25) is 0 Å². The van der Waals surface area contributed by atoms with Gasteiger partial charge in [-0.15, -0.1) is 0 Å². The molecule has 1 aromatic heterocycles. The Morgan fingerprint density at radius 2 is 2.06 bits per heavy atom. The third-order valence-electron chi connectivity index (χ3n) is 3.28. The molecule has 0 atom stereocenters. The minimum atomic E-state index is 0.462. The van der Waals surface area contributed by atoms with Crippen LogP contribution < -0.4 is 10.6 Å². The van der Waals surface area contributed by atoms with Gasteiger partial charge in [-0.1, -0.05) is 18.5 Å². The summed E-state index contributed by atoms with van der Waals surface area (Å²) >= 11 is 6.01. The first-order valence-electron chi connectivity index (χ1n) is 6.06. The van der Waals surface area contributed by atoms with Crippen LogP contribution in [0.3, 0.4) is 0 Å². The number of piperazine rings is 1. The van der Waals surface area contributed by atoms with Crippen molar-refractivity contribution in [3.63, 3.8) is 0 Å². The summed E-state index contributed by atoms with van der Waals surface area (Å²) in [6.45, 7) is 8.01. The number of nitrogens with zero attached hydrogens (tertiary/aromatic N) is 3. The van der Waals surface area contributed by atoms with Crippen molar-refractivity contribution in [2.45, 2.75) is 13.5 Å². The van der Waals surface area contributed by atoms with Crippen LogP contribution in [0.5, 0.6) is 0 Å². The van der Waals surface area contributed by atoms with E-state index in [0.717, 1.165) is 44.1 Å². The van der Waals surface area contributed by atoms with Gasteiger partial charge in [0, 0.05) is 38.9 Å². The molecule has 2 rings (SSSR count). The second-order valence-electron chi connectivity index (χ2n) is 4.26. The number of nitrogens with two attached hydrogens (primary N) is 1. The van der Waals surface area contributed by atoms with E-state index in [-0.39, 0.29) is 0 Å². The van der Waals surface area contributed by atoms with Crippen LogP contribution in [0.15, 0.2) is 12.3 Å². The van der Waals surface area contributed by atoms with Crippen LogP contribution in [0, 0.1) is 0 Å². The summed E-state index contributed by atoms with van der Waals surface area (Å²) < 4.78 is 0. The molecule has 1 aromatic rings. The van der Waals surface area contributed by atoms with Gasteiger partial charge in [-0.25, -0.2) is 4.98 Å². The van der Waals surface area contributed by atoms with Crippen LogP contribution in [-0.2, 0) is 6.54 Å². The zero-order valence-corrected chi connectivity index (χ0v) is 11.0. The van der Waals surface area contributed by atoms with Gasteiger partial charge < -0.3 is 15.5 Å². The molecule has 0 bridgehead atoms. The first-order chi connectivity index (χ1) is 8.24. The monoisotopic (exact) mass is 254 g/mol. The lowest BCUT2D eigenvalue weighted by molar-refractivity contribution is 0.270. The molecule has 0 radical (unpaired) electrons. The van der Waals surface area contributed by atoms with Gasteiger partial charge in [0.2, 0.25) is 0 Å². The van der Waals surface area contributed by atoms with Crippen LogP contribution in [0.1, 0.15) is 12.5 Å². The summed E-state index contributed by atoms with van der Waals surface area (Å²) in [7, 11) is 0. The van der Waals surface area contributed by atoms with Crippen molar-refractivity contribution in [1.29, 1.82) is 0 Å². The fourth-order valence-corrected chi connectivity index (χ4v) is 2.27. The molecular weight excluding hydrogens is 236 g/mol. The highest BCUT2D eigenvalue weighted by molar-refractivity contribution is 6.31. The number of hydrogen-bond acceptors (Lipinski definition) is 4. The number of aromatic nitrogens is 1. The van der Waals surface area contributed by atoms with Crippen molar-refractivity contribution in [3.8, 4) is 0 Å². The Balaban J connectivity index is 2.08. The predicted octanol–water partition coefficient (Wildman–Crippen LogP) is 1.34. The minimum Gasteiger partial charge on any atom is -0.354 e. The fraction of sp³-hybridized carbons (Fsp3) is 0.583. The molecule has 94 valence electrons. The van der Waals surface area contributed by atoms with E-state index in [1.165, 1.54) is 0 Å². The van der Waals surface area contributed by atoms with E-state index in [2.05, 4.69) is 21.7 Å². The van der Waals surface area contributed by atoms with Crippen molar-refractivity contribution >= 4 is 17.4 Å². The smallest absolute Gasteiger partial charge is 0.128 e. The average Bonchev–Trinajstić information content (AvgIpc) is 2.39. The first kappa shape index (κ1) is 12.6. The highest BCUT2D eigenvalue weighted by Gasteiger charge is 2.17. The van der Waals surface area contributed by atoms with Crippen molar-refractivity contribution in [3.05, 3.63) is 22.8 Å². The normalized spacial score (nSPS) is 17.5. The van der Waals surface area contributed by atoms with Crippen LogP contribution in [0.4, 0.5) is 5.82 Å². The Labute approximate surface area is 107 Å². The van der Waals surface area contributed by atoms with Gasteiger partial charge in [-0.05, 0) is 18.2 Å². The number of halogens is 1. The Hall–Kier alpha value is -0.840. The fourth-order valence-electron chi connectivity index (χ4n) is 2.09. The van der Waals surface area contributed by atoms with E-state index in [9.17, 15) is 0 Å². The second-order valence-corrected chi connectivity index (χ2v) is 4.67. The van der Waals surface area contributed by atoms with Gasteiger partial charge in [0.25, 0.3) is 0 Å². The lowest BCUT2D eigenvalue weighted by Crippen LogP contribution is -2.46. The largest absolute Gasteiger partial charge is 0.354 e. The zero-order chi connectivity index (χ0) is 12.3. The predicted molar refractivity (Wildman–Crippen MR) is 71.5 cm³/mol. The highest BCUT2D eigenvalue weighted by atomic mass is 35.5. The molecule has 0 saturated carbocycles. The van der Waals surface area contributed by atoms with E-state index in [0.29, 0.717) is 11.6 Å². The van der Waals surface area contributed by atoms with Crippen molar-refractivity contribution < 1.29 is 0 Å². The lowest BCUT2D eigenvalue weighted by atomic mass is 10.2. The van der Waals surface area contributed by atoms with Crippen LogP contribution in [0.25, 0.3) is 0 Å². The topological polar surface area (TPSA) is 45.4 Å². The van der Waals surface area contributed by atoms with Crippen molar-refractivity contribution in [1.82, 2.24) is 9.88 Å². The molecule has 0 aromatic carbocycles. The van der Waals surface area contributed by atoms with Gasteiger partial charge in [0.1, 0.15) is 5.82 Å². The molecule has 17 heavy (non-hydrogen) atoms. The van der Waals surface area contributed by atoms with E-state index in [1.807, 2.05) is 6.07 Å². The summed E-state index contributed by atoms with van der Waals surface area (Å²) in [6, 6.07) is 2.00. The second kappa shape index (κ2) is 5.67. The third kappa shape index (κ3) is 2.89. The van der Waals surface area contributed by atoms with Gasteiger partial charge in [0.05, 0.1) is 5.02 Å². The molecule has 2 heterocycles. The quantitative estimate of drug-likeness (QED) is 0.884. The number of likely N-dealkylation sites (N-methyl/N-ethyl adjacent to an activating group) is 1. The molecule has 1 aliphatic heterocycles. The van der Waals surface area contributed by atoms with E-state index in [4.69, 9.17) is 17.3 Å². The molecule has 0 spiro atoms. The molecular formula is C12H19ClN4. The molecule has 1 fully saturated rings. The Kier molecular flexibility index (Phi) is 4.20. The summed E-state index contributed by atoms with van der Waals surface area (Å²) in [6.07, 6.45) is 1.70.